The molecule has 0 heterocycles. The van der Waals surface area contributed by atoms with Crippen LogP contribution < -0.4 is 11.5 Å². The van der Waals surface area contributed by atoms with Crippen LogP contribution in [-0.4, -0.2) is 107 Å². The molecule has 43 heteroatoms. The van der Waals surface area contributed by atoms with E-state index in [2.05, 4.69) is 16.2 Å². The summed E-state index contributed by atoms with van der Waals surface area (Å²) in [6.07, 6.45) is -30.7. The third-order valence-corrected chi connectivity index (χ3v) is 8.00. The molecule has 2 atom stereocenters. The molecule has 0 spiro atoms. The fraction of sp³-hybridized carbons (Fsp3) is 0.750. The van der Waals surface area contributed by atoms with Gasteiger partial charge in [0.15, 0.2) is 17.4 Å². The van der Waals surface area contributed by atoms with E-state index in [4.69, 9.17) is 0 Å². The van der Waals surface area contributed by atoms with E-state index in [1.54, 1.807) is 0 Å². The minimum Gasteiger partial charge on any atom is -0.424 e. The van der Waals surface area contributed by atoms with Crippen molar-refractivity contribution >= 4 is 0 Å². The van der Waals surface area contributed by atoms with E-state index in [0.717, 1.165) is 0 Å². The van der Waals surface area contributed by atoms with Crippen LogP contribution in [-0.2, 0) is 9.47 Å². The van der Waals surface area contributed by atoms with Gasteiger partial charge in [0.05, 0.1) is 0 Å². The summed E-state index contributed by atoms with van der Waals surface area (Å²) in [5.74, 6) is -138. The molecular weight excluding hydrogens is 1090 g/mol. The van der Waals surface area contributed by atoms with Gasteiger partial charge in [0.1, 0.15) is 5.70 Å². The quantitative estimate of drug-likeness (QED) is 0.0865. The highest BCUT2D eigenvalue weighted by molar-refractivity contribution is 5.41. The van der Waals surface area contributed by atoms with Crippen LogP contribution >= 0.6 is 0 Å². The van der Waals surface area contributed by atoms with Crippen LogP contribution in [0.2, 0.25) is 0 Å². The fourth-order valence-electron chi connectivity index (χ4n) is 4.02. The molecular formula is C24H5F39N2O2. The summed E-state index contributed by atoms with van der Waals surface area (Å²) in [6, 6.07) is -5.06. The van der Waals surface area contributed by atoms with Crippen molar-refractivity contribution in [1.82, 2.24) is 0 Å². The lowest BCUT2D eigenvalue weighted by Crippen LogP contribution is -2.76. The number of ether oxygens (including phenoxy) is 2. The molecule has 1 aliphatic rings. The number of alkyl halides is 35. The SMILES string of the molecule is NC1=C(F)C(F)C(N)(OC(F)(F)C(F)(F)C(F)(F)C(F)(F)C(F)(F)C(F)(F)C(F)(F)C(F)(F)C(F)(F)F)C(F)=C1OC(F)=C(F)C(F)(F)C(F)(F)C(F)(F)C(F)(F)C(F)(F)C(F)(F)C(F)(F)F. The topological polar surface area (TPSA) is 70.5 Å². The van der Waals surface area contributed by atoms with Gasteiger partial charge in [-0.3, -0.25) is 10.5 Å². The highest BCUT2D eigenvalue weighted by Crippen LogP contribution is 2.67. The number of hydrogen-bond acceptors (Lipinski definition) is 4. The predicted octanol–water partition coefficient (Wildman–Crippen LogP) is 12.4. The average Bonchev–Trinajstić information content (AvgIpc) is 3.12. The number of rotatable bonds is 17. The Kier molecular flexibility index (Phi) is 14.4. The van der Waals surface area contributed by atoms with Crippen LogP contribution in [0.25, 0.3) is 0 Å². The number of allylic oxidation sites excluding steroid dienone is 1. The van der Waals surface area contributed by atoms with Crippen molar-refractivity contribution < 1.29 is 181 Å². The Morgan fingerprint density at radius 2 is 0.672 bits per heavy atom. The van der Waals surface area contributed by atoms with Crippen LogP contribution in [0.15, 0.2) is 34.9 Å². The zero-order chi connectivity index (χ0) is 55.0. The zero-order valence-corrected chi connectivity index (χ0v) is 28.8. The lowest BCUT2D eigenvalue weighted by atomic mass is 9.88. The Labute approximate surface area is 335 Å². The van der Waals surface area contributed by atoms with Crippen molar-refractivity contribution in [2.75, 3.05) is 0 Å². The Morgan fingerprint density at radius 3 is 0.955 bits per heavy atom. The van der Waals surface area contributed by atoms with Gasteiger partial charge in [-0.2, -0.15) is 158 Å². The first-order chi connectivity index (χ1) is 28.5. The van der Waals surface area contributed by atoms with Gasteiger partial charge in [0.25, 0.3) is 0 Å². The van der Waals surface area contributed by atoms with E-state index < -0.39 is 142 Å². The second kappa shape index (κ2) is 15.8. The molecule has 0 aliphatic heterocycles. The second-order valence-corrected chi connectivity index (χ2v) is 12.3. The predicted molar refractivity (Wildman–Crippen MR) is 125 cm³/mol. The zero-order valence-electron chi connectivity index (χ0n) is 28.8. The third kappa shape index (κ3) is 7.73. The first kappa shape index (κ1) is 61.0. The molecule has 4 N–H and O–H groups in total. The molecule has 0 amide bonds. The molecule has 1 aliphatic carbocycles. The molecule has 0 aromatic carbocycles. The van der Waals surface area contributed by atoms with E-state index in [1.165, 1.54) is 0 Å². The molecule has 1 rings (SSSR count). The summed E-state index contributed by atoms with van der Waals surface area (Å²) in [5.41, 5.74) is -1.33. The molecule has 2 unspecified atom stereocenters. The van der Waals surface area contributed by atoms with Gasteiger partial charge in [-0.1, -0.05) is 0 Å². The van der Waals surface area contributed by atoms with Crippen LogP contribution in [0, 0.1) is 0 Å². The Morgan fingerprint density at radius 1 is 0.418 bits per heavy atom. The molecule has 0 aromatic heterocycles. The van der Waals surface area contributed by atoms with E-state index in [0.29, 0.717) is 0 Å². The maximum Gasteiger partial charge on any atom is 0.460 e. The van der Waals surface area contributed by atoms with Crippen LogP contribution in [0.4, 0.5) is 171 Å². The molecule has 396 valence electrons. The Balaban J connectivity index is 4.06. The number of nitrogens with two attached hydrogens (primary N) is 2. The normalized spacial score (nSPS) is 21.3. The lowest BCUT2D eigenvalue weighted by molar-refractivity contribution is -0.487. The lowest BCUT2D eigenvalue weighted by Gasteiger charge is -2.44. The first-order valence-electron chi connectivity index (χ1n) is 14.4. The second-order valence-electron chi connectivity index (χ2n) is 12.3. The number of hydrogen-bond donors (Lipinski definition) is 2. The largest absolute Gasteiger partial charge is 0.460 e. The van der Waals surface area contributed by atoms with Gasteiger partial charge in [0.2, 0.25) is 17.7 Å². The van der Waals surface area contributed by atoms with E-state index in [-0.39, 0.29) is 0 Å². The van der Waals surface area contributed by atoms with Gasteiger partial charge in [-0.15, -0.1) is 0 Å². The van der Waals surface area contributed by atoms with E-state index >= 15 is 4.39 Å². The van der Waals surface area contributed by atoms with Crippen LogP contribution in [0.3, 0.4) is 0 Å². The van der Waals surface area contributed by atoms with Crippen LogP contribution in [0.5, 0.6) is 0 Å². The molecule has 67 heavy (non-hydrogen) atoms. The van der Waals surface area contributed by atoms with Crippen molar-refractivity contribution in [2.24, 2.45) is 11.5 Å². The van der Waals surface area contributed by atoms with Crippen molar-refractivity contribution in [3.05, 3.63) is 34.9 Å². The highest BCUT2D eigenvalue weighted by atomic mass is 19.4. The summed E-state index contributed by atoms with van der Waals surface area (Å²) in [5, 5.41) is 0. The molecule has 0 aromatic rings. The standard InChI is InChI=1S/C24H5F39N2O2/c25-1-2(64)3(66-7(29)6(28)9(30,31)10(32,33)11(34,35)12(36,37)16(44,45)19(50,51)22(56,57)58)5(27)8(65,4(1)26)67-24(62,63)21(54,55)18(48,49)15(42,43)13(38,39)14(40,41)17(46,47)20(52,53)23(59,60)61/h4H,64-65H2. The average molecular weight is 1090 g/mol. The minimum absolute atomic E-state index is 2.00. The van der Waals surface area contributed by atoms with Crippen molar-refractivity contribution in [3.63, 3.8) is 0 Å². The molecule has 0 radical (unpaired) electrons. The smallest absolute Gasteiger partial charge is 0.424 e. The molecule has 4 nitrogen and oxygen atoms in total. The van der Waals surface area contributed by atoms with Crippen molar-refractivity contribution in [1.29, 1.82) is 0 Å². The summed E-state index contributed by atoms with van der Waals surface area (Å²) in [4.78, 5) is 0. The molecule has 0 saturated carbocycles. The summed E-state index contributed by atoms with van der Waals surface area (Å²) >= 11 is 0. The highest BCUT2D eigenvalue weighted by Gasteiger charge is 2.98. The van der Waals surface area contributed by atoms with Crippen LogP contribution in [0.1, 0.15) is 0 Å². The summed E-state index contributed by atoms with van der Waals surface area (Å²) in [7, 11) is 0. The Hall–Kier alpha value is -3.99. The maximum absolute atomic E-state index is 15.0. The van der Waals surface area contributed by atoms with Gasteiger partial charge in [0, 0.05) is 0 Å². The minimum atomic E-state index is -9.72. The van der Waals surface area contributed by atoms with Crippen molar-refractivity contribution in [2.45, 2.75) is 107 Å². The van der Waals surface area contributed by atoms with E-state index in [1.807, 2.05) is 4.74 Å². The monoisotopic (exact) mass is 1090 g/mol. The fourth-order valence-corrected chi connectivity index (χ4v) is 4.02. The van der Waals surface area contributed by atoms with Crippen molar-refractivity contribution in [3.8, 4) is 0 Å². The van der Waals surface area contributed by atoms with Gasteiger partial charge in [-0.05, 0) is 0 Å². The third-order valence-electron chi connectivity index (χ3n) is 8.00. The van der Waals surface area contributed by atoms with E-state index in [9.17, 15) is 167 Å². The first-order valence-corrected chi connectivity index (χ1v) is 14.4. The summed E-state index contributed by atoms with van der Waals surface area (Å²) in [6.45, 7) is 0. The molecule has 0 fully saturated rings. The van der Waals surface area contributed by atoms with Gasteiger partial charge >= 0.3 is 101 Å². The summed E-state index contributed by atoms with van der Waals surface area (Å²) < 4.78 is 535. The number of halogens is 39. The van der Waals surface area contributed by atoms with Gasteiger partial charge in [-0.25, -0.2) is 13.2 Å². The Bertz CT molecular complexity index is 1980. The molecule has 0 bridgehead atoms. The molecule has 0 saturated heterocycles. The van der Waals surface area contributed by atoms with Gasteiger partial charge < -0.3 is 10.5 Å². The maximum atomic E-state index is 15.0.